The van der Waals surface area contributed by atoms with Crippen LogP contribution < -0.4 is 11.5 Å². The standard InChI is InChI=1S/C10H20N2O2/c1-3-9(13)7(11)5-6-8(12)10(14)4-2/h7-8H,3-6,11-12H2,1-2H3. The van der Waals surface area contributed by atoms with Crippen LogP contribution >= 0.6 is 0 Å². The third kappa shape index (κ3) is 4.48. The zero-order valence-electron chi connectivity index (χ0n) is 8.95. The van der Waals surface area contributed by atoms with Gasteiger partial charge < -0.3 is 11.5 Å². The van der Waals surface area contributed by atoms with Gasteiger partial charge in [0.1, 0.15) is 11.6 Å². The van der Waals surface area contributed by atoms with Gasteiger partial charge in [-0.1, -0.05) is 13.8 Å². The first-order chi connectivity index (χ1) is 6.52. The Morgan fingerprint density at radius 1 is 0.929 bits per heavy atom. The van der Waals surface area contributed by atoms with Crippen LogP contribution in [-0.4, -0.2) is 23.7 Å². The Bertz CT molecular complexity index is 182. The molecule has 0 saturated heterocycles. The summed E-state index contributed by atoms with van der Waals surface area (Å²) in [4.78, 5) is 22.2. The van der Waals surface area contributed by atoms with Crippen molar-refractivity contribution in [3.63, 3.8) is 0 Å². The van der Waals surface area contributed by atoms with Crippen LogP contribution in [-0.2, 0) is 9.59 Å². The van der Waals surface area contributed by atoms with Crippen LogP contribution in [0, 0.1) is 0 Å². The van der Waals surface area contributed by atoms with Crippen molar-refractivity contribution >= 4 is 11.6 Å². The highest BCUT2D eigenvalue weighted by atomic mass is 16.1. The monoisotopic (exact) mass is 200 g/mol. The molecule has 2 atom stereocenters. The largest absolute Gasteiger partial charge is 0.322 e. The van der Waals surface area contributed by atoms with Gasteiger partial charge in [-0.25, -0.2) is 0 Å². The molecule has 0 heterocycles. The first kappa shape index (κ1) is 13.3. The van der Waals surface area contributed by atoms with E-state index in [1.807, 2.05) is 0 Å². The molecule has 0 aromatic rings. The molecule has 0 amide bonds. The topological polar surface area (TPSA) is 86.2 Å². The van der Waals surface area contributed by atoms with E-state index in [1.165, 1.54) is 0 Å². The molecule has 4 N–H and O–H groups in total. The minimum Gasteiger partial charge on any atom is -0.322 e. The molecule has 0 radical (unpaired) electrons. The van der Waals surface area contributed by atoms with E-state index < -0.39 is 12.1 Å². The van der Waals surface area contributed by atoms with Gasteiger partial charge in [-0.3, -0.25) is 9.59 Å². The van der Waals surface area contributed by atoms with Gasteiger partial charge in [-0.05, 0) is 12.8 Å². The van der Waals surface area contributed by atoms with E-state index in [0.29, 0.717) is 25.7 Å². The van der Waals surface area contributed by atoms with Gasteiger partial charge in [0, 0.05) is 12.8 Å². The summed E-state index contributed by atoms with van der Waals surface area (Å²) < 4.78 is 0. The quantitative estimate of drug-likeness (QED) is 0.622. The van der Waals surface area contributed by atoms with E-state index >= 15 is 0 Å². The lowest BCUT2D eigenvalue weighted by Gasteiger charge is -2.12. The Balaban J connectivity index is 3.82. The van der Waals surface area contributed by atoms with Crippen LogP contribution in [0.5, 0.6) is 0 Å². The minimum absolute atomic E-state index is 0.0288. The fourth-order valence-corrected chi connectivity index (χ4v) is 1.21. The van der Waals surface area contributed by atoms with Crippen molar-refractivity contribution in [2.45, 2.75) is 51.6 Å². The Morgan fingerprint density at radius 2 is 1.21 bits per heavy atom. The predicted molar refractivity (Wildman–Crippen MR) is 55.8 cm³/mol. The smallest absolute Gasteiger partial charge is 0.149 e. The molecule has 0 aromatic carbocycles. The van der Waals surface area contributed by atoms with Gasteiger partial charge in [0.05, 0.1) is 12.1 Å². The second kappa shape index (κ2) is 6.68. The molecule has 0 bridgehead atoms. The summed E-state index contributed by atoms with van der Waals surface area (Å²) in [6, 6.07) is -0.925. The lowest BCUT2D eigenvalue weighted by molar-refractivity contribution is -0.122. The van der Waals surface area contributed by atoms with Gasteiger partial charge in [0.25, 0.3) is 0 Å². The normalized spacial score (nSPS) is 14.9. The summed E-state index contributed by atoms with van der Waals surface area (Å²) in [6.07, 6.45) is 1.88. The van der Waals surface area contributed by atoms with Crippen LogP contribution in [0.15, 0.2) is 0 Å². The molecular formula is C10H20N2O2. The van der Waals surface area contributed by atoms with Crippen molar-refractivity contribution in [3.05, 3.63) is 0 Å². The number of carbonyl (C=O) groups is 2. The summed E-state index contributed by atoms with van der Waals surface area (Å²) in [7, 11) is 0. The first-order valence-electron chi connectivity index (χ1n) is 5.09. The zero-order valence-corrected chi connectivity index (χ0v) is 8.95. The third-order valence-corrected chi connectivity index (χ3v) is 2.31. The van der Waals surface area contributed by atoms with Crippen LogP contribution in [0.4, 0.5) is 0 Å². The van der Waals surface area contributed by atoms with Crippen LogP contribution in [0.25, 0.3) is 0 Å². The highest BCUT2D eigenvalue weighted by Gasteiger charge is 2.16. The number of rotatable bonds is 7. The number of carbonyl (C=O) groups excluding carboxylic acids is 2. The second-order valence-electron chi connectivity index (χ2n) is 3.43. The van der Waals surface area contributed by atoms with E-state index in [2.05, 4.69) is 0 Å². The Labute approximate surface area is 85.0 Å². The van der Waals surface area contributed by atoms with Crippen molar-refractivity contribution < 1.29 is 9.59 Å². The van der Waals surface area contributed by atoms with E-state index in [1.54, 1.807) is 13.8 Å². The molecule has 0 fully saturated rings. The summed E-state index contributed by atoms with van der Waals surface area (Å²) >= 11 is 0. The van der Waals surface area contributed by atoms with Crippen LogP contribution in [0.1, 0.15) is 39.5 Å². The highest BCUT2D eigenvalue weighted by molar-refractivity contribution is 5.84. The average Bonchev–Trinajstić information content (AvgIpc) is 2.22. The SMILES string of the molecule is CCC(=O)C(N)CCC(N)C(=O)CC. The molecule has 0 aliphatic heterocycles. The average molecular weight is 200 g/mol. The second-order valence-corrected chi connectivity index (χ2v) is 3.43. The predicted octanol–water partition coefficient (Wildman–Crippen LogP) is 0.379. The molecule has 14 heavy (non-hydrogen) atoms. The summed E-state index contributed by atoms with van der Waals surface area (Å²) in [5, 5.41) is 0. The Hall–Kier alpha value is -0.740. The van der Waals surface area contributed by atoms with Crippen molar-refractivity contribution in [1.29, 1.82) is 0 Å². The molecule has 0 rings (SSSR count). The van der Waals surface area contributed by atoms with Gasteiger partial charge in [-0.2, -0.15) is 0 Å². The molecule has 4 heteroatoms. The van der Waals surface area contributed by atoms with E-state index in [9.17, 15) is 9.59 Å². The van der Waals surface area contributed by atoms with Gasteiger partial charge in [0.15, 0.2) is 0 Å². The number of Topliss-reactive ketones (excluding diaryl/α,β-unsaturated/α-hetero) is 2. The molecular weight excluding hydrogens is 180 g/mol. The zero-order chi connectivity index (χ0) is 11.1. The fraction of sp³-hybridized carbons (Fsp3) is 0.800. The number of nitrogens with two attached hydrogens (primary N) is 2. The summed E-state index contributed by atoms with van der Waals surface area (Å²) in [5.41, 5.74) is 11.2. The molecule has 4 nitrogen and oxygen atoms in total. The molecule has 0 aliphatic carbocycles. The molecule has 0 saturated carbocycles. The van der Waals surface area contributed by atoms with Gasteiger partial charge >= 0.3 is 0 Å². The fourth-order valence-electron chi connectivity index (χ4n) is 1.21. The first-order valence-corrected chi connectivity index (χ1v) is 5.09. The lowest BCUT2D eigenvalue weighted by Crippen LogP contribution is -2.35. The Kier molecular flexibility index (Phi) is 6.32. The maximum absolute atomic E-state index is 11.1. The number of hydrogen-bond donors (Lipinski definition) is 2. The van der Waals surface area contributed by atoms with Crippen molar-refractivity contribution in [3.8, 4) is 0 Å². The third-order valence-electron chi connectivity index (χ3n) is 2.31. The maximum atomic E-state index is 11.1. The Morgan fingerprint density at radius 3 is 1.43 bits per heavy atom. The van der Waals surface area contributed by atoms with E-state index in [0.717, 1.165) is 0 Å². The number of ketones is 2. The van der Waals surface area contributed by atoms with Crippen molar-refractivity contribution in [2.24, 2.45) is 11.5 Å². The molecule has 0 aliphatic rings. The molecule has 2 unspecified atom stereocenters. The molecule has 82 valence electrons. The van der Waals surface area contributed by atoms with Crippen molar-refractivity contribution in [2.75, 3.05) is 0 Å². The number of hydrogen-bond acceptors (Lipinski definition) is 4. The summed E-state index contributed by atoms with van der Waals surface area (Å²) in [6.45, 7) is 3.55. The highest BCUT2D eigenvalue weighted by Crippen LogP contribution is 2.03. The molecule has 0 aromatic heterocycles. The van der Waals surface area contributed by atoms with Crippen LogP contribution in [0.2, 0.25) is 0 Å². The molecule has 0 spiro atoms. The minimum atomic E-state index is -0.462. The van der Waals surface area contributed by atoms with Gasteiger partial charge in [-0.15, -0.1) is 0 Å². The van der Waals surface area contributed by atoms with Crippen molar-refractivity contribution in [1.82, 2.24) is 0 Å². The van der Waals surface area contributed by atoms with Gasteiger partial charge in [0.2, 0.25) is 0 Å². The lowest BCUT2D eigenvalue weighted by atomic mass is 10.00. The maximum Gasteiger partial charge on any atom is 0.149 e. The summed E-state index contributed by atoms with van der Waals surface area (Å²) in [5.74, 6) is 0.0577. The van der Waals surface area contributed by atoms with E-state index in [4.69, 9.17) is 11.5 Å². The van der Waals surface area contributed by atoms with E-state index in [-0.39, 0.29) is 11.6 Å². The van der Waals surface area contributed by atoms with Crippen LogP contribution in [0.3, 0.4) is 0 Å².